The van der Waals surface area contributed by atoms with Crippen molar-refractivity contribution in [2.45, 2.75) is 38.1 Å². The van der Waals surface area contributed by atoms with Crippen LogP contribution < -0.4 is 4.74 Å². The van der Waals surface area contributed by atoms with Crippen LogP contribution in [0.5, 0.6) is 5.75 Å². The summed E-state index contributed by atoms with van der Waals surface area (Å²) in [6, 6.07) is 16.9. The van der Waals surface area contributed by atoms with Gasteiger partial charge in [0.25, 0.3) is 0 Å². The fourth-order valence-corrected chi connectivity index (χ4v) is 2.84. The Morgan fingerprint density at radius 3 is 2.50 bits per heavy atom. The molecule has 1 atom stereocenters. The number of halogens is 1. The van der Waals surface area contributed by atoms with E-state index < -0.39 is 0 Å². The number of hydrogen-bond acceptors (Lipinski definition) is 1. The molecule has 2 rings (SSSR count). The third kappa shape index (κ3) is 4.11. The van der Waals surface area contributed by atoms with Gasteiger partial charge in [0, 0.05) is 4.83 Å². The SMILES string of the molecule is Cc1ccccc1CC(Br)c1cccc(OC(C)C)c1. The number of benzene rings is 2. The van der Waals surface area contributed by atoms with Crippen molar-refractivity contribution in [3.05, 3.63) is 65.2 Å². The van der Waals surface area contributed by atoms with Gasteiger partial charge in [0.2, 0.25) is 0 Å². The molecule has 2 aromatic carbocycles. The van der Waals surface area contributed by atoms with Crippen molar-refractivity contribution >= 4 is 15.9 Å². The minimum absolute atomic E-state index is 0.204. The number of aryl methyl sites for hydroxylation is 1. The summed E-state index contributed by atoms with van der Waals surface area (Å²) in [4.78, 5) is 0.305. The lowest BCUT2D eigenvalue weighted by molar-refractivity contribution is 0.242. The van der Waals surface area contributed by atoms with E-state index in [0.717, 1.165) is 12.2 Å². The van der Waals surface area contributed by atoms with E-state index >= 15 is 0 Å². The van der Waals surface area contributed by atoms with E-state index in [1.54, 1.807) is 0 Å². The second-order valence-corrected chi connectivity index (χ2v) is 6.44. The number of alkyl halides is 1. The van der Waals surface area contributed by atoms with Crippen molar-refractivity contribution in [3.8, 4) is 5.75 Å². The first-order chi connectivity index (χ1) is 9.56. The van der Waals surface area contributed by atoms with Gasteiger partial charge in [-0.25, -0.2) is 0 Å². The van der Waals surface area contributed by atoms with Crippen LogP contribution >= 0.6 is 15.9 Å². The molecule has 0 N–H and O–H groups in total. The van der Waals surface area contributed by atoms with Crippen LogP contribution in [0.15, 0.2) is 48.5 Å². The van der Waals surface area contributed by atoms with Crippen molar-refractivity contribution in [2.24, 2.45) is 0 Å². The van der Waals surface area contributed by atoms with Gasteiger partial charge in [-0.15, -0.1) is 0 Å². The largest absolute Gasteiger partial charge is 0.491 e. The maximum Gasteiger partial charge on any atom is 0.119 e. The van der Waals surface area contributed by atoms with E-state index in [9.17, 15) is 0 Å². The topological polar surface area (TPSA) is 9.23 Å². The lowest BCUT2D eigenvalue weighted by atomic mass is 10.0. The fraction of sp³-hybridized carbons (Fsp3) is 0.333. The quantitative estimate of drug-likeness (QED) is 0.660. The van der Waals surface area contributed by atoms with E-state index in [-0.39, 0.29) is 6.10 Å². The Hall–Kier alpha value is -1.28. The van der Waals surface area contributed by atoms with Gasteiger partial charge < -0.3 is 4.74 Å². The van der Waals surface area contributed by atoms with Gasteiger partial charge in [-0.2, -0.15) is 0 Å². The van der Waals surface area contributed by atoms with E-state index in [1.807, 2.05) is 19.9 Å². The molecule has 0 amide bonds. The normalized spacial score (nSPS) is 12.4. The van der Waals surface area contributed by atoms with Crippen molar-refractivity contribution in [1.29, 1.82) is 0 Å². The minimum atomic E-state index is 0.204. The summed E-state index contributed by atoms with van der Waals surface area (Å²) in [5.41, 5.74) is 3.97. The molecule has 0 aliphatic heterocycles. The zero-order valence-corrected chi connectivity index (χ0v) is 13.9. The first kappa shape index (κ1) is 15.1. The molecule has 0 spiro atoms. The average Bonchev–Trinajstić information content (AvgIpc) is 2.41. The second-order valence-electron chi connectivity index (χ2n) is 5.34. The molecule has 1 nitrogen and oxygen atoms in total. The van der Waals surface area contributed by atoms with Gasteiger partial charge in [0.05, 0.1) is 6.10 Å². The molecular formula is C18H21BrO. The standard InChI is InChI=1S/C18H21BrO/c1-13(2)20-17-10-6-9-16(11-17)18(19)12-15-8-5-4-7-14(15)3/h4-11,13,18H,12H2,1-3H3. The summed E-state index contributed by atoms with van der Waals surface area (Å²) >= 11 is 3.80. The summed E-state index contributed by atoms with van der Waals surface area (Å²) in [6.45, 7) is 6.25. The molecular weight excluding hydrogens is 312 g/mol. The molecule has 0 heterocycles. The van der Waals surface area contributed by atoms with Crippen LogP contribution in [0, 0.1) is 6.92 Å². The molecule has 0 aliphatic rings. The highest BCUT2D eigenvalue weighted by Crippen LogP contribution is 2.30. The second kappa shape index (κ2) is 6.94. The predicted octanol–water partition coefficient (Wildman–Crippen LogP) is 5.46. The van der Waals surface area contributed by atoms with E-state index in [1.165, 1.54) is 16.7 Å². The van der Waals surface area contributed by atoms with Crippen molar-refractivity contribution < 1.29 is 4.74 Å². The van der Waals surface area contributed by atoms with Crippen molar-refractivity contribution in [1.82, 2.24) is 0 Å². The van der Waals surface area contributed by atoms with Crippen LogP contribution in [0.3, 0.4) is 0 Å². The number of hydrogen-bond donors (Lipinski definition) is 0. The molecule has 0 saturated heterocycles. The molecule has 0 aliphatic carbocycles. The van der Waals surface area contributed by atoms with Crippen LogP contribution in [-0.4, -0.2) is 6.10 Å². The highest BCUT2D eigenvalue weighted by atomic mass is 79.9. The van der Waals surface area contributed by atoms with Gasteiger partial charge in [0.1, 0.15) is 5.75 Å². The fourth-order valence-electron chi connectivity index (χ4n) is 2.20. The molecule has 20 heavy (non-hydrogen) atoms. The van der Waals surface area contributed by atoms with Crippen molar-refractivity contribution in [2.75, 3.05) is 0 Å². The smallest absolute Gasteiger partial charge is 0.119 e. The van der Waals surface area contributed by atoms with Gasteiger partial charge in [-0.3, -0.25) is 0 Å². The maximum absolute atomic E-state index is 5.76. The van der Waals surface area contributed by atoms with Crippen LogP contribution in [0.2, 0.25) is 0 Å². The molecule has 0 aromatic heterocycles. The summed E-state index contributed by atoms with van der Waals surface area (Å²) in [5, 5.41) is 0. The lowest BCUT2D eigenvalue weighted by Gasteiger charge is -2.15. The van der Waals surface area contributed by atoms with Gasteiger partial charge in [0.15, 0.2) is 0 Å². The molecule has 0 radical (unpaired) electrons. The lowest BCUT2D eigenvalue weighted by Crippen LogP contribution is -2.06. The number of rotatable bonds is 5. The Bertz CT molecular complexity index is 563. The zero-order valence-electron chi connectivity index (χ0n) is 12.3. The van der Waals surface area contributed by atoms with E-state index in [0.29, 0.717) is 4.83 Å². The summed E-state index contributed by atoms with van der Waals surface area (Å²) < 4.78 is 5.76. The third-order valence-corrected chi connectivity index (χ3v) is 4.10. The van der Waals surface area contributed by atoms with Crippen LogP contribution in [0.4, 0.5) is 0 Å². The van der Waals surface area contributed by atoms with Gasteiger partial charge >= 0.3 is 0 Å². The molecule has 2 heteroatoms. The predicted molar refractivity (Wildman–Crippen MR) is 88.8 cm³/mol. The van der Waals surface area contributed by atoms with Gasteiger partial charge in [-0.1, -0.05) is 52.3 Å². The Balaban J connectivity index is 2.13. The Labute approximate surface area is 130 Å². The average molecular weight is 333 g/mol. The highest BCUT2D eigenvalue weighted by Gasteiger charge is 2.11. The van der Waals surface area contributed by atoms with E-state index in [2.05, 4.69) is 65.3 Å². The zero-order chi connectivity index (χ0) is 14.5. The maximum atomic E-state index is 5.76. The Kier molecular flexibility index (Phi) is 5.24. The minimum Gasteiger partial charge on any atom is -0.491 e. The molecule has 1 unspecified atom stereocenters. The van der Waals surface area contributed by atoms with Crippen molar-refractivity contribution in [3.63, 3.8) is 0 Å². The molecule has 0 fully saturated rings. The van der Waals surface area contributed by atoms with E-state index in [4.69, 9.17) is 4.74 Å². The molecule has 2 aromatic rings. The first-order valence-corrected chi connectivity index (χ1v) is 7.93. The Morgan fingerprint density at radius 1 is 1.05 bits per heavy atom. The number of ether oxygens (including phenoxy) is 1. The van der Waals surface area contributed by atoms with Crippen LogP contribution in [0.1, 0.15) is 35.4 Å². The third-order valence-electron chi connectivity index (χ3n) is 3.25. The molecule has 0 bridgehead atoms. The van der Waals surface area contributed by atoms with Crippen LogP contribution in [-0.2, 0) is 6.42 Å². The monoisotopic (exact) mass is 332 g/mol. The summed E-state index contributed by atoms with van der Waals surface area (Å²) in [5.74, 6) is 0.937. The summed E-state index contributed by atoms with van der Waals surface area (Å²) in [7, 11) is 0. The Morgan fingerprint density at radius 2 is 1.80 bits per heavy atom. The highest BCUT2D eigenvalue weighted by molar-refractivity contribution is 9.09. The molecule has 0 saturated carbocycles. The van der Waals surface area contributed by atoms with Gasteiger partial charge in [-0.05, 0) is 56.0 Å². The van der Waals surface area contributed by atoms with Crippen LogP contribution in [0.25, 0.3) is 0 Å². The molecule has 106 valence electrons. The summed E-state index contributed by atoms with van der Waals surface area (Å²) in [6.07, 6.45) is 1.19. The first-order valence-electron chi connectivity index (χ1n) is 7.01.